The lowest BCUT2D eigenvalue weighted by atomic mass is 10.1. The molecule has 2 N–H and O–H groups in total. The van der Waals surface area contributed by atoms with Gasteiger partial charge >= 0.3 is 0 Å². The van der Waals surface area contributed by atoms with E-state index in [-0.39, 0.29) is 0 Å². The molecule has 1 fully saturated rings. The van der Waals surface area contributed by atoms with Gasteiger partial charge in [0.05, 0.1) is 0 Å². The number of benzene rings is 1. The summed E-state index contributed by atoms with van der Waals surface area (Å²) < 4.78 is 0. The highest BCUT2D eigenvalue weighted by molar-refractivity contribution is 6.30. The molecule has 15 heavy (non-hydrogen) atoms. The molecule has 3 heteroatoms. The fourth-order valence-corrected chi connectivity index (χ4v) is 2.30. The maximum atomic E-state index is 5.92. The van der Waals surface area contributed by atoms with Gasteiger partial charge in [0.1, 0.15) is 0 Å². The van der Waals surface area contributed by atoms with Crippen LogP contribution in [-0.4, -0.2) is 18.0 Å². The average Bonchev–Trinajstić information content (AvgIpc) is 2.56. The van der Waals surface area contributed by atoms with Gasteiger partial charge in [0.25, 0.3) is 0 Å². The predicted molar refractivity (Wildman–Crippen MR) is 64.9 cm³/mol. The third-order valence-corrected chi connectivity index (χ3v) is 3.24. The number of halogens is 1. The Kier molecular flexibility index (Phi) is 3.17. The van der Waals surface area contributed by atoms with Crippen molar-refractivity contribution in [2.75, 3.05) is 18.8 Å². The summed E-state index contributed by atoms with van der Waals surface area (Å²) in [6, 6.07) is 5.77. The van der Waals surface area contributed by atoms with Gasteiger partial charge in [0.15, 0.2) is 0 Å². The molecule has 0 saturated carbocycles. The summed E-state index contributed by atoms with van der Waals surface area (Å²) in [7, 11) is 0. The van der Waals surface area contributed by atoms with E-state index in [4.69, 9.17) is 17.3 Å². The Morgan fingerprint density at radius 1 is 1.53 bits per heavy atom. The van der Waals surface area contributed by atoms with Gasteiger partial charge < -0.3 is 5.73 Å². The zero-order valence-electron chi connectivity index (χ0n) is 9.04. The van der Waals surface area contributed by atoms with E-state index in [1.807, 2.05) is 18.2 Å². The van der Waals surface area contributed by atoms with Crippen LogP contribution < -0.4 is 5.73 Å². The number of nitrogen functional groups attached to an aromatic ring is 1. The lowest BCUT2D eigenvalue weighted by molar-refractivity contribution is 0.321. The van der Waals surface area contributed by atoms with Gasteiger partial charge in [0, 0.05) is 23.8 Å². The minimum Gasteiger partial charge on any atom is -0.398 e. The smallest absolute Gasteiger partial charge is 0.0426 e. The zero-order chi connectivity index (χ0) is 10.8. The summed E-state index contributed by atoms with van der Waals surface area (Å²) in [5.41, 5.74) is 7.92. The molecular weight excluding hydrogens is 208 g/mol. The van der Waals surface area contributed by atoms with Gasteiger partial charge in [-0.05, 0) is 36.6 Å². The van der Waals surface area contributed by atoms with E-state index in [2.05, 4.69) is 11.8 Å². The van der Waals surface area contributed by atoms with Crippen molar-refractivity contribution in [3.63, 3.8) is 0 Å². The van der Waals surface area contributed by atoms with Crippen LogP contribution in [0.2, 0.25) is 5.02 Å². The van der Waals surface area contributed by atoms with Crippen LogP contribution in [0.3, 0.4) is 0 Å². The molecule has 0 amide bonds. The summed E-state index contributed by atoms with van der Waals surface area (Å²) >= 11 is 5.86. The van der Waals surface area contributed by atoms with Gasteiger partial charge in [-0.1, -0.05) is 24.6 Å². The second-order valence-electron chi connectivity index (χ2n) is 4.47. The average molecular weight is 225 g/mol. The summed E-state index contributed by atoms with van der Waals surface area (Å²) in [5.74, 6) is 0.818. The molecule has 1 aromatic rings. The maximum Gasteiger partial charge on any atom is 0.0426 e. The van der Waals surface area contributed by atoms with Crippen LogP contribution in [0.25, 0.3) is 0 Å². The predicted octanol–water partition coefficient (Wildman–Crippen LogP) is 2.76. The monoisotopic (exact) mass is 224 g/mol. The van der Waals surface area contributed by atoms with Crippen molar-refractivity contribution in [2.45, 2.75) is 19.9 Å². The minimum absolute atomic E-state index is 0.714. The Hall–Kier alpha value is -0.730. The van der Waals surface area contributed by atoms with Crippen molar-refractivity contribution in [3.8, 4) is 0 Å². The Bertz CT molecular complexity index is 351. The molecule has 2 nitrogen and oxygen atoms in total. The molecule has 0 aliphatic carbocycles. The van der Waals surface area contributed by atoms with Gasteiger partial charge in [0.2, 0.25) is 0 Å². The van der Waals surface area contributed by atoms with Crippen molar-refractivity contribution < 1.29 is 0 Å². The number of hydrogen-bond acceptors (Lipinski definition) is 2. The van der Waals surface area contributed by atoms with Crippen molar-refractivity contribution in [3.05, 3.63) is 28.8 Å². The second kappa shape index (κ2) is 4.42. The highest BCUT2D eigenvalue weighted by atomic mass is 35.5. The van der Waals surface area contributed by atoms with E-state index < -0.39 is 0 Å². The number of anilines is 1. The van der Waals surface area contributed by atoms with E-state index in [1.165, 1.54) is 25.1 Å². The Morgan fingerprint density at radius 2 is 2.33 bits per heavy atom. The van der Waals surface area contributed by atoms with Crippen molar-refractivity contribution in [1.82, 2.24) is 4.90 Å². The summed E-state index contributed by atoms with van der Waals surface area (Å²) in [4.78, 5) is 2.45. The van der Waals surface area contributed by atoms with Gasteiger partial charge in [-0.2, -0.15) is 0 Å². The molecule has 1 aromatic carbocycles. The first-order chi connectivity index (χ1) is 7.15. The molecule has 1 atom stereocenters. The van der Waals surface area contributed by atoms with E-state index in [9.17, 15) is 0 Å². The van der Waals surface area contributed by atoms with Crippen molar-refractivity contribution in [2.24, 2.45) is 5.92 Å². The van der Waals surface area contributed by atoms with Crippen LogP contribution in [0.4, 0.5) is 5.69 Å². The van der Waals surface area contributed by atoms with E-state index in [1.54, 1.807) is 0 Å². The highest BCUT2D eigenvalue weighted by Crippen LogP contribution is 2.22. The number of likely N-dealkylation sites (tertiary alicyclic amines) is 1. The van der Waals surface area contributed by atoms with Crippen LogP contribution in [0, 0.1) is 5.92 Å². The van der Waals surface area contributed by atoms with Crippen LogP contribution in [0.1, 0.15) is 18.9 Å². The summed E-state index contributed by atoms with van der Waals surface area (Å²) in [6.45, 7) is 5.61. The van der Waals surface area contributed by atoms with Gasteiger partial charge in [-0.25, -0.2) is 0 Å². The van der Waals surface area contributed by atoms with Crippen LogP contribution in [-0.2, 0) is 6.54 Å². The molecule has 1 unspecified atom stereocenters. The molecule has 0 bridgehead atoms. The SMILES string of the molecule is CC1CCN(Cc2ccc(Cl)cc2N)C1. The normalized spacial score (nSPS) is 22.1. The first kappa shape index (κ1) is 10.8. The number of nitrogens with zero attached hydrogens (tertiary/aromatic N) is 1. The topological polar surface area (TPSA) is 29.3 Å². The van der Waals surface area contributed by atoms with Gasteiger partial charge in [-0.15, -0.1) is 0 Å². The Labute approximate surface area is 96.0 Å². The summed E-state index contributed by atoms with van der Waals surface area (Å²) in [6.07, 6.45) is 1.30. The molecule has 82 valence electrons. The third-order valence-electron chi connectivity index (χ3n) is 3.01. The first-order valence-electron chi connectivity index (χ1n) is 5.41. The molecule has 0 radical (unpaired) electrons. The fourth-order valence-electron chi connectivity index (χ4n) is 2.12. The highest BCUT2D eigenvalue weighted by Gasteiger charge is 2.18. The quantitative estimate of drug-likeness (QED) is 0.783. The van der Waals surface area contributed by atoms with Crippen LogP contribution >= 0.6 is 11.6 Å². The zero-order valence-corrected chi connectivity index (χ0v) is 9.80. The third kappa shape index (κ3) is 2.64. The molecule has 2 rings (SSSR count). The molecule has 1 aliphatic rings. The number of hydrogen-bond donors (Lipinski definition) is 1. The summed E-state index contributed by atoms with van der Waals surface area (Å²) in [5, 5.41) is 0.714. The standard InChI is InChI=1S/C12H17ClN2/c1-9-4-5-15(7-9)8-10-2-3-11(13)6-12(10)14/h2-3,6,9H,4-5,7-8,14H2,1H3. The molecule has 1 aliphatic heterocycles. The molecule has 1 heterocycles. The van der Waals surface area contributed by atoms with E-state index >= 15 is 0 Å². The van der Waals surface area contributed by atoms with E-state index in [0.717, 1.165) is 18.2 Å². The first-order valence-corrected chi connectivity index (χ1v) is 5.79. The lowest BCUT2D eigenvalue weighted by Gasteiger charge is -2.16. The maximum absolute atomic E-state index is 5.92. The molecule has 0 aromatic heterocycles. The molecule has 1 saturated heterocycles. The number of nitrogens with two attached hydrogens (primary N) is 1. The lowest BCUT2D eigenvalue weighted by Crippen LogP contribution is -2.20. The van der Waals surface area contributed by atoms with E-state index in [0.29, 0.717) is 5.02 Å². The Balaban J connectivity index is 2.04. The van der Waals surface area contributed by atoms with Crippen LogP contribution in [0.15, 0.2) is 18.2 Å². The largest absolute Gasteiger partial charge is 0.398 e. The number of rotatable bonds is 2. The minimum atomic E-state index is 0.714. The fraction of sp³-hybridized carbons (Fsp3) is 0.500. The molecular formula is C12H17ClN2. The second-order valence-corrected chi connectivity index (χ2v) is 4.91. The van der Waals surface area contributed by atoms with Crippen molar-refractivity contribution >= 4 is 17.3 Å². The molecule has 0 spiro atoms. The van der Waals surface area contributed by atoms with Crippen molar-refractivity contribution in [1.29, 1.82) is 0 Å². The van der Waals surface area contributed by atoms with Crippen LogP contribution in [0.5, 0.6) is 0 Å². The van der Waals surface area contributed by atoms with Gasteiger partial charge in [-0.3, -0.25) is 4.90 Å². The Morgan fingerprint density at radius 3 is 2.93 bits per heavy atom.